The van der Waals surface area contributed by atoms with Crippen molar-refractivity contribution in [2.45, 2.75) is 52.4 Å². The van der Waals surface area contributed by atoms with E-state index in [9.17, 15) is 0 Å². The molecular formula is C28H34N6O2. The third kappa shape index (κ3) is 5.65. The number of pyridine rings is 1. The van der Waals surface area contributed by atoms with Gasteiger partial charge in [0.15, 0.2) is 5.82 Å². The smallest absolute Gasteiger partial charge is 0.152 e. The molecule has 8 heteroatoms. The molecule has 4 rings (SSSR count). The van der Waals surface area contributed by atoms with Crippen LogP contribution in [0.15, 0.2) is 42.5 Å². The maximum absolute atomic E-state index is 8.89. The summed E-state index contributed by atoms with van der Waals surface area (Å²) < 4.78 is 13.9. The molecule has 4 N–H and O–H groups in total. The first kappa shape index (κ1) is 25.6. The van der Waals surface area contributed by atoms with E-state index in [2.05, 4.69) is 41.0 Å². The van der Waals surface area contributed by atoms with Crippen LogP contribution in [-0.2, 0) is 35.5 Å². The molecule has 0 aliphatic carbocycles. The van der Waals surface area contributed by atoms with E-state index in [-0.39, 0.29) is 0 Å². The highest BCUT2D eigenvalue weighted by Gasteiger charge is 2.25. The van der Waals surface area contributed by atoms with Crippen molar-refractivity contribution in [3.63, 3.8) is 0 Å². The van der Waals surface area contributed by atoms with Crippen molar-refractivity contribution < 1.29 is 9.47 Å². The summed E-state index contributed by atoms with van der Waals surface area (Å²) in [5.41, 5.74) is 17.4. The molecule has 8 nitrogen and oxygen atoms in total. The number of nitrogen functional groups attached to an aromatic ring is 1. The van der Waals surface area contributed by atoms with E-state index in [1.165, 1.54) is 5.56 Å². The van der Waals surface area contributed by atoms with Crippen LogP contribution in [0.25, 0.3) is 21.9 Å². The zero-order chi connectivity index (χ0) is 25.7. The van der Waals surface area contributed by atoms with Crippen molar-refractivity contribution in [2.75, 3.05) is 25.5 Å². The molecule has 0 bridgehead atoms. The van der Waals surface area contributed by atoms with Crippen molar-refractivity contribution in [3.05, 3.63) is 65.0 Å². The molecule has 0 aliphatic rings. The molecule has 0 amide bonds. The number of aromatic nitrogens is 3. The first-order chi connectivity index (χ1) is 17.3. The SMILES string of the molecule is CCOCc1nc2c(N)nc3cc(Cc4ccc(CC#N)cc4)ccc3c2n1CC(C)(C)OCCN. The largest absolute Gasteiger partial charge is 0.382 e. The summed E-state index contributed by atoms with van der Waals surface area (Å²) in [5.74, 6) is 1.19. The Bertz CT molecular complexity index is 1390. The van der Waals surface area contributed by atoms with Crippen molar-refractivity contribution >= 4 is 27.8 Å². The van der Waals surface area contributed by atoms with Gasteiger partial charge in [-0.3, -0.25) is 0 Å². The van der Waals surface area contributed by atoms with Crippen molar-refractivity contribution in [2.24, 2.45) is 5.73 Å². The lowest BCUT2D eigenvalue weighted by Crippen LogP contribution is -2.33. The van der Waals surface area contributed by atoms with Gasteiger partial charge in [0.2, 0.25) is 0 Å². The van der Waals surface area contributed by atoms with Gasteiger partial charge in [0.25, 0.3) is 0 Å². The summed E-state index contributed by atoms with van der Waals surface area (Å²) in [6.07, 6.45) is 1.18. The molecule has 2 aromatic heterocycles. The van der Waals surface area contributed by atoms with Crippen LogP contribution in [0.4, 0.5) is 5.82 Å². The van der Waals surface area contributed by atoms with E-state index in [4.69, 9.17) is 36.2 Å². The van der Waals surface area contributed by atoms with E-state index in [1.54, 1.807) is 0 Å². The molecular weight excluding hydrogens is 452 g/mol. The minimum atomic E-state index is -0.462. The Kier molecular flexibility index (Phi) is 7.85. The quantitative estimate of drug-likeness (QED) is 0.327. The van der Waals surface area contributed by atoms with Gasteiger partial charge in [-0.25, -0.2) is 9.97 Å². The van der Waals surface area contributed by atoms with Crippen LogP contribution in [0, 0.1) is 11.3 Å². The van der Waals surface area contributed by atoms with Gasteiger partial charge < -0.3 is 25.5 Å². The zero-order valence-electron chi connectivity index (χ0n) is 21.3. The van der Waals surface area contributed by atoms with Gasteiger partial charge in [0.05, 0.1) is 42.3 Å². The topological polar surface area (TPSA) is 125 Å². The average molecular weight is 487 g/mol. The maximum atomic E-state index is 8.89. The number of benzene rings is 2. The fourth-order valence-corrected chi connectivity index (χ4v) is 4.45. The lowest BCUT2D eigenvalue weighted by molar-refractivity contribution is -0.0258. The summed E-state index contributed by atoms with van der Waals surface area (Å²) in [6.45, 7) is 8.53. The Hall–Kier alpha value is -3.51. The Labute approximate surface area is 211 Å². The molecule has 0 fully saturated rings. The van der Waals surface area contributed by atoms with Crippen molar-refractivity contribution in [1.29, 1.82) is 5.26 Å². The first-order valence-corrected chi connectivity index (χ1v) is 12.3. The summed E-state index contributed by atoms with van der Waals surface area (Å²) >= 11 is 0. The molecule has 0 radical (unpaired) electrons. The number of nitrogens with zero attached hydrogens (tertiary/aromatic N) is 4. The first-order valence-electron chi connectivity index (χ1n) is 12.3. The summed E-state index contributed by atoms with van der Waals surface area (Å²) in [5, 5.41) is 9.88. The maximum Gasteiger partial charge on any atom is 0.152 e. The fraction of sp³-hybridized carbons (Fsp3) is 0.393. The molecule has 0 saturated heterocycles. The van der Waals surface area contributed by atoms with Gasteiger partial charge >= 0.3 is 0 Å². The van der Waals surface area contributed by atoms with Crippen LogP contribution in [0.5, 0.6) is 0 Å². The Balaban J connectivity index is 1.76. The molecule has 0 aliphatic heterocycles. The summed E-state index contributed by atoms with van der Waals surface area (Å²) in [4.78, 5) is 9.53. The van der Waals surface area contributed by atoms with Gasteiger partial charge in [-0.15, -0.1) is 0 Å². The lowest BCUT2D eigenvalue weighted by atomic mass is 10.0. The van der Waals surface area contributed by atoms with Gasteiger partial charge in [0, 0.05) is 18.5 Å². The molecule has 0 saturated carbocycles. The second kappa shape index (κ2) is 11.0. The van der Waals surface area contributed by atoms with Gasteiger partial charge in [-0.2, -0.15) is 5.26 Å². The van der Waals surface area contributed by atoms with Crippen molar-refractivity contribution in [1.82, 2.24) is 14.5 Å². The molecule has 4 aromatic rings. The molecule has 2 heterocycles. The normalized spacial score (nSPS) is 11.9. The molecule has 0 atom stereocenters. The Morgan fingerprint density at radius 2 is 1.78 bits per heavy atom. The second-order valence-corrected chi connectivity index (χ2v) is 9.52. The van der Waals surface area contributed by atoms with Gasteiger partial charge in [-0.05, 0) is 49.9 Å². The predicted molar refractivity (Wildman–Crippen MR) is 142 cm³/mol. The van der Waals surface area contributed by atoms with E-state index in [1.807, 2.05) is 32.9 Å². The molecule has 36 heavy (non-hydrogen) atoms. The number of rotatable bonds is 11. The molecule has 2 aromatic carbocycles. The monoisotopic (exact) mass is 486 g/mol. The standard InChI is InChI=1S/C28H34N6O2/c1-4-35-17-24-33-25-26(34(24)18-28(2,3)36-14-13-30)22-10-9-21(16-23(22)32-27(25)31)15-20-7-5-19(6-8-20)11-12-29/h5-10,16H,4,11,13-15,17-18,30H2,1-3H3,(H2,31,32). The van der Waals surface area contributed by atoms with E-state index >= 15 is 0 Å². The highest BCUT2D eigenvalue weighted by molar-refractivity contribution is 6.06. The highest BCUT2D eigenvalue weighted by Crippen LogP contribution is 2.31. The number of nitrogens with two attached hydrogens (primary N) is 2. The predicted octanol–water partition coefficient (Wildman–Crippen LogP) is 4.11. The highest BCUT2D eigenvalue weighted by atomic mass is 16.5. The average Bonchev–Trinajstić information content (AvgIpc) is 3.21. The van der Waals surface area contributed by atoms with Crippen molar-refractivity contribution in [3.8, 4) is 6.07 Å². The number of anilines is 1. The van der Waals surface area contributed by atoms with E-state index in [0.29, 0.717) is 50.7 Å². The lowest BCUT2D eigenvalue weighted by Gasteiger charge is -2.27. The molecule has 0 unspecified atom stereocenters. The van der Waals surface area contributed by atoms with Crippen LogP contribution in [0.3, 0.4) is 0 Å². The number of fused-ring (bicyclic) bond motifs is 3. The zero-order valence-corrected chi connectivity index (χ0v) is 21.3. The minimum Gasteiger partial charge on any atom is -0.382 e. The van der Waals surface area contributed by atoms with E-state index in [0.717, 1.165) is 39.8 Å². The molecule has 0 spiro atoms. The van der Waals surface area contributed by atoms with Crippen LogP contribution in [-0.4, -0.2) is 39.9 Å². The number of nitriles is 1. The molecule has 188 valence electrons. The van der Waals surface area contributed by atoms with Crippen LogP contribution >= 0.6 is 0 Å². The fourth-order valence-electron chi connectivity index (χ4n) is 4.45. The number of imidazole rings is 1. The minimum absolute atomic E-state index is 0.374. The van der Waals surface area contributed by atoms with Crippen LogP contribution < -0.4 is 11.5 Å². The van der Waals surface area contributed by atoms with E-state index < -0.39 is 5.60 Å². The number of ether oxygens (including phenoxy) is 2. The van der Waals surface area contributed by atoms with Crippen LogP contribution in [0.2, 0.25) is 0 Å². The summed E-state index contributed by atoms with van der Waals surface area (Å²) in [6, 6.07) is 16.6. The number of hydrogen-bond acceptors (Lipinski definition) is 7. The third-order valence-corrected chi connectivity index (χ3v) is 6.15. The summed E-state index contributed by atoms with van der Waals surface area (Å²) in [7, 11) is 0. The van der Waals surface area contributed by atoms with Gasteiger partial charge in [-0.1, -0.05) is 36.4 Å². The van der Waals surface area contributed by atoms with Crippen LogP contribution in [0.1, 0.15) is 43.3 Å². The Morgan fingerprint density at radius 3 is 2.47 bits per heavy atom. The van der Waals surface area contributed by atoms with Gasteiger partial charge in [0.1, 0.15) is 17.9 Å². The Morgan fingerprint density at radius 1 is 1.06 bits per heavy atom. The number of hydrogen-bond donors (Lipinski definition) is 2. The second-order valence-electron chi connectivity index (χ2n) is 9.52. The third-order valence-electron chi connectivity index (χ3n) is 6.15.